The van der Waals surface area contributed by atoms with E-state index in [9.17, 15) is 24.0 Å². The van der Waals surface area contributed by atoms with Gasteiger partial charge in [-0.05, 0) is 51.7 Å². The first-order valence-corrected chi connectivity index (χ1v) is 18.8. The zero-order valence-corrected chi connectivity index (χ0v) is 31.8. The van der Waals surface area contributed by atoms with E-state index in [2.05, 4.69) is 11.7 Å². The lowest BCUT2D eigenvalue weighted by molar-refractivity contribution is -0.139. The van der Waals surface area contributed by atoms with Crippen molar-refractivity contribution in [3.63, 3.8) is 0 Å². The molecule has 7 N–H and O–H groups in total. The molecule has 0 saturated heterocycles. The molecule has 0 amide bonds. The summed E-state index contributed by atoms with van der Waals surface area (Å²) in [6.45, 7) is 5.39. The van der Waals surface area contributed by atoms with Crippen LogP contribution in [-0.4, -0.2) is 91.0 Å². The summed E-state index contributed by atoms with van der Waals surface area (Å²) >= 11 is 0. The molecule has 13 nitrogen and oxygen atoms in total. The number of rotatable bonds is 24. The van der Waals surface area contributed by atoms with E-state index in [0.29, 0.717) is 36.8 Å². The third-order valence-corrected chi connectivity index (χ3v) is 7.39. The molecule has 0 saturated carbocycles. The van der Waals surface area contributed by atoms with Crippen LogP contribution in [0.1, 0.15) is 176 Å². The first-order valence-electron chi connectivity index (χ1n) is 18.8. The second-order valence-corrected chi connectivity index (χ2v) is 12.7. The molecule has 0 aliphatic carbocycles. The standard InChI is InChI=1S/C18H36O2.C8H4O3.C6H10O4.C4H10O2.C3H8O2/c1-2-3-4-5-6-7-8-9-10-11-12-13-14-15-16-17-18(19)20;9-7-5-3-1-2-4-6(5)8(10)11-7;7-5(8)3-1-2-4-6(9)10;1-4(6)2-3-5;1-3(5)2-4/h2-17H2,1H3,(H,19,20);1-4H;1-4H2,(H,7,8)(H,9,10);4-6H,2-3H2,1H3;3-5H,2H2,1H3. The molecule has 0 radical (unpaired) electrons. The Kier molecular flexibility index (Phi) is 39.6. The Balaban J connectivity index is -0.000000634. The Bertz CT molecular complexity index is 992. The first kappa shape index (κ1) is 53.0. The van der Waals surface area contributed by atoms with Gasteiger partial charge in [-0.25, -0.2) is 9.59 Å². The minimum Gasteiger partial charge on any atom is -0.481 e. The number of carboxylic acids is 3. The monoisotopic (exact) mass is 744 g/mol. The van der Waals surface area contributed by atoms with Gasteiger partial charge >= 0.3 is 29.8 Å². The lowest BCUT2D eigenvalue weighted by Gasteiger charge is -2.03. The van der Waals surface area contributed by atoms with Gasteiger partial charge in [0.15, 0.2) is 0 Å². The highest BCUT2D eigenvalue weighted by molar-refractivity contribution is 6.14. The summed E-state index contributed by atoms with van der Waals surface area (Å²) in [5.41, 5.74) is 0.718. The molecule has 1 aliphatic heterocycles. The van der Waals surface area contributed by atoms with Gasteiger partial charge in [0.05, 0.1) is 29.9 Å². The molecule has 2 atom stereocenters. The van der Waals surface area contributed by atoms with E-state index >= 15 is 0 Å². The minimum atomic E-state index is -0.870. The Labute approximate surface area is 310 Å². The van der Waals surface area contributed by atoms with Crippen LogP contribution in [0.3, 0.4) is 0 Å². The molecule has 52 heavy (non-hydrogen) atoms. The molecule has 1 heterocycles. The molecule has 2 unspecified atom stereocenters. The maximum atomic E-state index is 10.8. The molecule has 1 aromatic rings. The number of ether oxygens (including phenoxy) is 1. The second-order valence-electron chi connectivity index (χ2n) is 12.7. The first-order chi connectivity index (χ1) is 24.7. The van der Waals surface area contributed by atoms with E-state index in [1.54, 1.807) is 31.2 Å². The quantitative estimate of drug-likeness (QED) is 0.0317. The van der Waals surface area contributed by atoms with Crippen molar-refractivity contribution >= 4 is 29.8 Å². The number of unbranched alkanes of at least 4 members (excludes halogenated alkanes) is 15. The number of cyclic esters (lactones) is 2. The Morgan fingerprint density at radius 1 is 0.558 bits per heavy atom. The van der Waals surface area contributed by atoms with Gasteiger partial charge in [0.25, 0.3) is 0 Å². The van der Waals surface area contributed by atoms with Gasteiger partial charge < -0.3 is 40.5 Å². The van der Waals surface area contributed by atoms with Crippen molar-refractivity contribution in [2.75, 3.05) is 13.2 Å². The van der Waals surface area contributed by atoms with E-state index in [0.717, 1.165) is 12.8 Å². The van der Waals surface area contributed by atoms with Crippen LogP contribution in [0.5, 0.6) is 0 Å². The number of carboxylic acid groups (broad SMARTS) is 3. The fraction of sp³-hybridized carbons (Fsp3) is 0.718. The third kappa shape index (κ3) is 41.0. The predicted octanol–water partition coefficient (Wildman–Crippen LogP) is 7.15. The number of aliphatic hydroxyl groups excluding tert-OH is 4. The maximum absolute atomic E-state index is 10.8. The Morgan fingerprint density at radius 2 is 0.846 bits per heavy atom. The van der Waals surface area contributed by atoms with E-state index in [-0.39, 0.29) is 32.2 Å². The van der Waals surface area contributed by atoms with E-state index in [1.807, 2.05) is 0 Å². The SMILES string of the molecule is CC(O)CCO.CC(O)CO.CCCCCCCCCCCCCCCCCC(=O)O.O=C(O)CCCCC(=O)O.O=C1OC(=O)c2ccccc21. The molecule has 13 heteroatoms. The number of aliphatic hydroxyl groups is 4. The summed E-state index contributed by atoms with van der Waals surface area (Å²) in [7, 11) is 0. The average Bonchev–Trinajstić information content (AvgIpc) is 3.38. The molecular formula is C39H68O13. The van der Waals surface area contributed by atoms with Crippen molar-refractivity contribution in [1.29, 1.82) is 0 Å². The minimum absolute atomic E-state index is 0.0628. The lowest BCUT2D eigenvalue weighted by atomic mass is 10.0. The largest absolute Gasteiger partial charge is 0.481 e. The summed E-state index contributed by atoms with van der Waals surface area (Å²) in [5.74, 6) is -3.49. The molecule has 0 aromatic heterocycles. The van der Waals surface area contributed by atoms with Crippen LogP contribution in [-0.2, 0) is 19.1 Å². The summed E-state index contributed by atoms with van der Waals surface area (Å²) < 4.78 is 4.35. The number of fused-ring (bicyclic) bond motifs is 1. The number of carbonyl (C=O) groups excluding carboxylic acids is 2. The fourth-order valence-electron chi connectivity index (χ4n) is 4.42. The zero-order chi connectivity index (χ0) is 40.0. The van der Waals surface area contributed by atoms with Crippen LogP contribution in [0.4, 0.5) is 0 Å². The van der Waals surface area contributed by atoms with Crippen molar-refractivity contribution in [2.45, 2.75) is 168 Å². The van der Waals surface area contributed by atoms with E-state index < -0.39 is 36.0 Å². The summed E-state index contributed by atoms with van der Waals surface area (Å²) in [6, 6.07) is 6.53. The van der Waals surface area contributed by atoms with Gasteiger partial charge in [-0.3, -0.25) is 14.4 Å². The highest BCUT2D eigenvalue weighted by atomic mass is 16.6. The van der Waals surface area contributed by atoms with Crippen LogP contribution in [0, 0.1) is 0 Å². The second kappa shape index (κ2) is 38.8. The van der Waals surface area contributed by atoms with Gasteiger partial charge in [0, 0.05) is 25.9 Å². The summed E-state index contributed by atoms with van der Waals surface area (Å²) in [5, 5.41) is 57.3. The van der Waals surface area contributed by atoms with Crippen molar-refractivity contribution in [3.05, 3.63) is 35.4 Å². The van der Waals surface area contributed by atoms with E-state index in [1.165, 1.54) is 90.4 Å². The van der Waals surface area contributed by atoms with Crippen LogP contribution in [0.2, 0.25) is 0 Å². The number of aliphatic carboxylic acids is 3. The molecule has 302 valence electrons. The Hall–Kier alpha value is -3.39. The zero-order valence-electron chi connectivity index (χ0n) is 31.8. The fourth-order valence-corrected chi connectivity index (χ4v) is 4.42. The highest BCUT2D eigenvalue weighted by Gasteiger charge is 2.28. The normalized spacial score (nSPS) is 12.1. The molecular weight excluding hydrogens is 676 g/mol. The van der Waals surface area contributed by atoms with Crippen LogP contribution < -0.4 is 0 Å². The van der Waals surface area contributed by atoms with Gasteiger partial charge in [-0.2, -0.15) is 0 Å². The molecule has 0 spiro atoms. The van der Waals surface area contributed by atoms with Gasteiger partial charge in [0.2, 0.25) is 0 Å². The third-order valence-electron chi connectivity index (χ3n) is 7.39. The van der Waals surface area contributed by atoms with E-state index in [4.69, 9.17) is 35.7 Å². The van der Waals surface area contributed by atoms with Crippen molar-refractivity contribution in [1.82, 2.24) is 0 Å². The molecule has 0 fully saturated rings. The summed E-state index contributed by atoms with van der Waals surface area (Å²) in [4.78, 5) is 51.8. The number of carbonyl (C=O) groups is 5. The summed E-state index contributed by atoms with van der Waals surface area (Å²) in [6.07, 6.45) is 20.8. The smallest absolute Gasteiger partial charge is 0.346 e. The number of benzene rings is 1. The molecule has 1 aromatic carbocycles. The average molecular weight is 745 g/mol. The van der Waals surface area contributed by atoms with Gasteiger partial charge in [-0.15, -0.1) is 0 Å². The van der Waals surface area contributed by atoms with Crippen molar-refractivity contribution in [2.24, 2.45) is 0 Å². The molecule has 1 aliphatic rings. The maximum Gasteiger partial charge on any atom is 0.346 e. The number of hydrogen-bond acceptors (Lipinski definition) is 10. The van der Waals surface area contributed by atoms with Crippen LogP contribution >= 0.6 is 0 Å². The highest BCUT2D eigenvalue weighted by Crippen LogP contribution is 2.18. The van der Waals surface area contributed by atoms with Crippen molar-refractivity contribution in [3.8, 4) is 0 Å². The molecule has 0 bridgehead atoms. The number of hydrogen-bond donors (Lipinski definition) is 7. The number of esters is 2. The van der Waals surface area contributed by atoms with Gasteiger partial charge in [0.1, 0.15) is 0 Å². The predicted molar refractivity (Wildman–Crippen MR) is 199 cm³/mol. The topological polar surface area (TPSA) is 236 Å². The Morgan fingerprint density at radius 3 is 1.08 bits per heavy atom. The molecule has 2 rings (SSSR count). The van der Waals surface area contributed by atoms with Crippen LogP contribution in [0.25, 0.3) is 0 Å². The lowest BCUT2D eigenvalue weighted by Crippen LogP contribution is -2.03. The van der Waals surface area contributed by atoms with Crippen molar-refractivity contribution < 1.29 is 64.5 Å². The van der Waals surface area contributed by atoms with Crippen LogP contribution in [0.15, 0.2) is 24.3 Å². The van der Waals surface area contributed by atoms with Gasteiger partial charge in [-0.1, -0.05) is 109 Å².